The summed E-state index contributed by atoms with van der Waals surface area (Å²) in [5, 5.41) is 10.7. The van der Waals surface area contributed by atoms with Gasteiger partial charge in [0.05, 0.1) is 5.56 Å². The van der Waals surface area contributed by atoms with Gasteiger partial charge >= 0.3 is 6.04 Å². The molecular weight excluding hydrogens is 477 g/mol. The molecule has 4 rings (SSSR count). The lowest BCUT2D eigenvalue weighted by molar-refractivity contribution is 0.0831. The van der Waals surface area contributed by atoms with E-state index in [0.717, 1.165) is 61.5 Å². The first-order valence-corrected chi connectivity index (χ1v) is 13.1. The van der Waals surface area contributed by atoms with Crippen molar-refractivity contribution < 1.29 is 9.18 Å². The number of halogens is 1. The van der Waals surface area contributed by atoms with Crippen LogP contribution in [-0.2, 0) is 13.0 Å². The molecule has 4 N–H and O–H groups in total. The summed E-state index contributed by atoms with van der Waals surface area (Å²) in [6.07, 6.45) is 2.75. The molecule has 0 bridgehead atoms. The Hall–Kier alpha value is -3.81. The monoisotopic (exact) mass is 513 g/mol. The molecule has 7 heteroatoms. The Kier molecular flexibility index (Phi) is 9.05. The van der Waals surface area contributed by atoms with E-state index >= 15 is 0 Å². The third-order valence-electron chi connectivity index (χ3n) is 7.19. The normalized spacial score (nSPS) is 14.3. The van der Waals surface area contributed by atoms with Crippen LogP contribution in [0.25, 0.3) is 11.1 Å². The van der Waals surface area contributed by atoms with E-state index in [0.29, 0.717) is 35.5 Å². The van der Waals surface area contributed by atoms with Crippen LogP contribution in [0.2, 0.25) is 0 Å². The van der Waals surface area contributed by atoms with Gasteiger partial charge in [-0.15, -0.1) is 0 Å². The smallest absolute Gasteiger partial charge is 0.332 e. The van der Waals surface area contributed by atoms with Crippen LogP contribution in [0.15, 0.2) is 72.9 Å². The average Bonchev–Trinajstić information content (AvgIpc) is 2.93. The predicted molar refractivity (Wildman–Crippen MR) is 155 cm³/mol. The summed E-state index contributed by atoms with van der Waals surface area (Å²) in [5.74, 6) is 0. The molecule has 3 aromatic rings. The number of likely N-dealkylation sites (N-methyl/N-ethyl adjacent to an activating group) is 1. The van der Waals surface area contributed by atoms with Crippen LogP contribution >= 0.6 is 0 Å². The molecular formula is C31H36FN5O. The lowest BCUT2D eigenvalue weighted by Crippen LogP contribution is -2.45. The minimum atomic E-state index is -1.41. The molecule has 38 heavy (non-hydrogen) atoms. The van der Waals surface area contributed by atoms with E-state index in [-0.39, 0.29) is 5.56 Å². The van der Waals surface area contributed by atoms with Crippen molar-refractivity contribution in [2.75, 3.05) is 43.8 Å². The summed E-state index contributed by atoms with van der Waals surface area (Å²) in [4.78, 5) is 16.4. The third kappa shape index (κ3) is 6.94. The number of nitrogens with zero attached hydrogens (tertiary/aromatic N) is 2. The van der Waals surface area contributed by atoms with Gasteiger partial charge in [-0.25, -0.2) is 0 Å². The zero-order chi connectivity index (χ0) is 27.1. The second-order valence-electron chi connectivity index (χ2n) is 9.77. The van der Waals surface area contributed by atoms with E-state index in [1.165, 1.54) is 6.21 Å². The Bertz CT molecular complexity index is 1300. The molecule has 1 saturated heterocycles. The van der Waals surface area contributed by atoms with E-state index in [2.05, 4.69) is 52.9 Å². The number of hydrogen-bond acceptors (Lipinski definition) is 6. The molecule has 0 aromatic heterocycles. The molecule has 0 aliphatic carbocycles. The largest absolute Gasteiger partial charge is 0.398 e. The summed E-state index contributed by atoms with van der Waals surface area (Å²) in [6.45, 7) is 11.7. The summed E-state index contributed by atoms with van der Waals surface area (Å²) in [7, 11) is 0. The van der Waals surface area contributed by atoms with Crippen LogP contribution in [-0.4, -0.2) is 54.8 Å². The summed E-state index contributed by atoms with van der Waals surface area (Å²) in [5.41, 5.74) is 12.7. The minimum Gasteiger partial charge on any atom is -0.398 e. The quantitative estimate of drug-likeness (QED) is 0.173. The van der Waals surface area contributed by atoms with Crippen molar-refractivity contribution in [3.8, 4) is 11.1 Å². The molecule has 1 aliphatic heterocycles. The van der Waals surface area contributed by atoms with Crippen molar-refractivity contribution in [3.63, 3.8) is 0 Å². The Morgan fingerprint density at radius 1 is 1.03 bits per heavy atom. The third-order valence-corrected chi connectivity index (χ3v) is 7.19. The van der Waals surface area contributed by atoms with E-state index in [1.807, 2.05) is 30.3 Å². The van der Waals surface area contributed by atoms with Gasteiger partial charge in [0.1, 0.15) is 0 Å². The number of aryl methyl sites for hydroxylation is 1. The Balaban J connectivity index is 1.33. The number of allylic oxidation sites excluding steroid dienone is 1. The second-order valence-corrected chi connectivity index (χ2v) is 9.77. The van der Waals surface area contributed by atoms with Gasteiger partial charge < -0.3 is 21.4 Å². The first kappa shape index (κ1) is 27.2. The van der Waals surface area contributed by atoms with Gasteiger partial charge in [0.15, 0.2) is 0 Å². The zero-order valence-electron chi connectivity index (χ0n) is 22.0. The lowest BCUT2D eigenvalue weighted by Gasteiger charge is -2.34. The van der Waals surface area contributed by atoms with Crippen LogP contribution in [0.4, 0.5) is 15.8 Å². The van der Waals surface area contributed by atoms with Crippen LogP contribution in [0.1, 0.15) is 40.4 Å². The van der Waals surface area contributed by atoms with E-state index in [1.54, 1.807) is 6.07 Å². The molecule has 0 unspecified atom stereocenters. The van der Waals surface area contributed by atoms with Gasteiger partial charge in [-0.3, -0.25) is 9.69 Å². The summed E-state index contributed by atoms with van der Waals surface area (Å²) in [6, 6.07) is 17.9. The highest BCUT2D eigenvalue weighted by atomic mass is 19.1. The molecule has 1 fully saturated rings. The van der Waals surface area contributed by atoms with Crippen molar-refractivity contribution >= 4 is 23.6 Å². The summed E-state index contributed by atoms with van der Waals surface area (Å²) >= 11 is 0. The maximum absolute atomic E-state index is 13.9. The first-order chi connectivity index (χ1) is 18.4. The molecule has 1 heterocycles. The zero-order valence-corrected chi connectivity index (χ0v) is 22.0. The topological polar surface area (TPSA) is 85.4 Å². The highest BCUT2D eigenvalue weighted by Crippen LogP contribution is 2.25. The van der Waals surface area contributed by atoms with Gasteiger partial charge in [0, 0.05) is 61.6 Å². The van der Waals surface area contributed by atoms with Crippen molar-refractivity contribution in [3.05, 3.63) is 95.2 Å². The number of benzene rings is 3. The lowest BCUT2D eigenvalue weighted by atomic mass is 9.99. The highest BCUT2D eigenvalue weighted by molar-refractivity contribution is 5.91. The maximum atomic E-state index is 13.9. The fourth-order valence-electron chi connectivity index (χ4n) is 4.78. The van der Waals surface area contributed by atoms with Crippen LogP contribution in [0.3, 0.4) is 0 Å². The molecule has 198 valence electrons. The molecule has 6 nitrogen and oxygen atoms in total. The number of nitrogens with one attached hydrogen (secondary N) is 2. The van der Waals surface area contributed by atoms with Crippen LogP contribution in [0.5, 0.6) is 0 Å². The Labute approximate surface area is 224 Å². The van der Waals surface area contributed by atoms with Gasteiger partial charge in [-0.2, -0.15) is 4.39 Å². The van der Waals surface area contributed by atoms with Gasteiger partial charge in [-0.1, -0.05) is 49.9 Å². The average molecular weight is 514 g/mol. The van der Waals surface area contributed by atoms with Crippen molar-refractivity contribution in [2.45, 2.75) is 26.3 Å². The molecule has 0 spiro atoms. The van der Waals surface area contributed by atoms with Crippen molar-refractivity contribution in [2.24, 2.45) is 0 Å². The molecule has 0 amide bonds. The number of rotatable bonds is 11. The van der Waals surface area contributed by atoms with Crippen molar-refractivity contribution in [1.82, 2.24) is 9.80 Å². The number of nitrogen functional groups attached to an aromatic ring is 1. The Morgan fingerprint density at radius 3 is 2.37 bits per heavy atom. The van der Waals surface area contributed by atoms with Crippen molar-refractivity contribution in [1.29, 1.82) is 5.41 Å². The van der Waals surface area contributed by atoms with E-state index in [9.17, 15) is 9.18 Å². The molecule has 1 aliphatic rings. The number of anilines is 2. The molecule has 0 radical (unpaired) electrons. The maximum Gasteiger partial charge on any atom is 0.332 e. The van der Waals surface area contributed by atoms with Crippen LogP contribution < -0.4 is 11.1 Å². The number of piperazine rings is 1. The number of carbonyl (C=O) groups is 1. The van der Waals surface area contributed by atoms with E-state index in [4.69, 9.17) is 11.1 Å². The van der Waals surface area contributed by atoms with Crippen LogP contribution in [0, 0.1) is 5.41 Å². The molecule has 0 saturated carbocycles. The predicted octanol–water partition coefficient (Wildman–Crippen LogP) is 5.74. The number of carbonyl (C=O) groups excluding carboxylic acids is 1. The van der Waals surface area contributed by atoms with Gasteiger partial charge in [-0.05, 0) is 65.9 Å². The highest BCUT2D eigenvalue weighted by Gasteiger charge is 2.19. The summed E-state index contributed by atoms with van der Waals surface area (Å²) < 4.78 is 13.9. The van der Waals surface area contributed by atoms with Gasteiger partial charge in [0.2, 0.25) is 0 Å². The number of nitrogens with two attached hydrogens (primary N) is 1. The van der Waals surface area contributed by atoms with Gasteiger partial charge in [0.25, 0.3) is 0 Å². The Morgan fingerprint density at radius 2 is 1.71 bits per heavy atom. The van der Waals surface area contributed by atoms with E-state index < -0.39 is 6.04 Å². The minimum absolute atomic E-state index is 0.116. The first-order valence-electron chi connectivity index (χ1n) is 13.1. The standard InChI is InChI=1S/C31H36FN5O/c1-3-36-14-16-37(17-15-36)21-26-10-12-28(19-29(26)31(32)38)35-22(2)4-5-23-6-8-24(9-7-23)25-11-13-30(34)27(18-25)20-33/h6-13,18-20,33,35H,2-5,14-17,21,34H2,1H3. The molecule has 0 atom stereocenters. The second kappa shape index (κ2) is 12.6. The fraction of sp³-hybridized carbons (Fsp3) is 0.290. The fourth-order valence-corrected chi connectivity index (χ4v) is 4.78. The number of hydrogen-bond donors (Lipinski definition) is 3. The SMILES string of the molecule is C=C(CCc1ccc(-c2ccc(N)c(C=N)c2)cc1)Nc1ccc(CN2CCN(CC)CC2)c(C(=O)F)c1. The molecule has 3 aromatic carbocycles.